The van der Waals surface area contributed by atoms with Gasteiger partial charge in [0.25, 0.3) is 0 Å². The summed E-state index contributed by atoms with van der Waals surface area (Å²) in [4.78, 5) is 27.4. The Kier molecular flexibility index (Phi) is 4.02. The number of hydrogen-bond donors (Lipinski definition) is 1. The predicted octanol–water partition coefficient (Wildman–Crippen LogP) is 2.02. The normalized spacial score (nSPS) is 35.5. The molecule has 0 saturated carbocycles. The summed E-state index contributed by atoms with van der Waals surface area (Å²) in [6.45, 7) is 7.61. The molecule has 0 radical (unpaired) electrons. The number of carbonyl (C=O) groups is 2. The molecule has 0 spiro atoms. The van der Waals surface area contributed by atoms with Crippen molar-refractivity contribution in [2.24, 2.45) is 11.8 Å². The smallest absolute Gasteiger partial charge is 0.320 e. The Morgan fingerprint density at radius 2 is 1.68 bits per heavy atom. The highest BCUT2D eigenvalue weighted by Gasteiger charge is 2.37. The zero-order chi connectivity index (χ0) is 14.2. The monoisotopic (exact) mass is 268 g/mol. The zero-order valence-corrected chi connectivity index (χ0v) is 12.0. The fourth-order valence-corrected chi connectivity index (χ4v) is 3.41. The Balaban J connectivity index is 1.99. The highest BCUT2D eigenvalue weighted by atomic mass is 16.4. The van der Waals surface area contributed by atoms with Crippen LogP contribution < -0.4 is 0 Å². The molecule has 2 rings (SSSR count). The third-order valence-electron chi connectivity index (χ3n) is 4.50. The van der Waals surface area contributed by atoms with Gasteiger partial charge < -0.3 is 14.9 Å². The van der Waals surface area contributed by atoms with Crippen LogP contribution in [0.4, 0.5) is 4.79 Å². The molecule has 0 aromatic heterocycles. The van der Waals surface area contributed by atoms with E-state index in [1.807, 2.05) is 16.7 Å². The van der Waals surface area contributed by atoms with E-state index in [0.29, 0.717) is 31.3 Å². The van der Waals surface area contributed by atoms with E-state index in [1.54, 1.807) is 0 Å². The number of aliphatic carboxylic acids is 1. The van der Waals surface area contributed by atoms with Crippen LogP contribution in [0.3, 0.4) is 0 Å². The van der Waals surface area contributed by atoms with E-state index >= 15 is 0 Å². The van der Waals surface area contributed by atoms with E-state index in [1.165, 1.54) is 0 Å². The van der Waals surface area contributed by atoms with Gasteiger partial charge in [-0.3, -0.25) is 4.79 Å². The predicted molar refractivity (Wildman–Crippen MR) is 71.9 cm³/mol. The van der Waals surface area contributed by atoms with Crippen molar-refractivity contribution in [3.63, 3.8) is 0 Å². The van der Waals surface area contributed by atoms with E-state index in [9.17, 15) is 9.59 Å². The number of rotatable bonds is 1. The first-order valence-electron chi connectivity index (χ1n) is 7.20. The van der Waals surface area contributed by atoms with Crippen LogP contribution in [0.1, 0.15) is 40.0 Å². The van der Waals surface area contributed by atoms with Gasteiger partial charge in [-0.1, -0.05) is 6.92 Å². The van der Waals surface area contributed by atoms with Crippen molar-refractivity contribution in [2.75, 3.05) is 13.1 Å². The van der Waals surface area contributed by atoms with Gasteiger partial charge in [0.05, 0.1) is 5.92 Å². The molecule has 2 aliphatic heterocycles. The maximum absolute atomic E-state index is 12.5. The Labute approximate surface area is 114 Å². The number of carboxylic acids is 1. The molecular formula is C14H24N2O3. The largest absolute Gasteiger partial charge is 0.481 e. The zero-order valence-electron chi connectivity index (χ0n) is 12.0. The van der Waals surface area contributed by atoms with Gasteiger partial charge >= 0.3 is 12.0 Å². The van der Waals surface area contributed by atoms with Crippen LogP contribution in [-0.2, 0) is 4.79 Å². The van der Waals surface area contributed by atoms with Crippen LogP contribution >= 0.6 is 0 Å². The number of hydrogen-bond acceptors (Lipinski definition) is 2. The molecule has 2 amide bonds. The SMILES string of the molecule is CC1CC(C)N(C(=O)N2CCC(C(=O)O)CC2C)C1. The van der Waals surface area contributed by atoms with Crippen molar-refractivity contribution in [2.45, 2.75) is 52.1 Å². The van der Waals surface area contributed by atoms with Gasteiger partial charge in [-0.15, -0.1) is 0 Å². The molecule has 5 nitrogen and oxygen atoms in total. The number of carboxylic acid groups (broad SMARTS) is 1. The quantitative estimate of drug-likeness (QED) is 0.791. The molecule has 2 saturated heterocycles. The van der Waals surface area contributed by atoms with Crippen LogP contribution in [0.15, 0.2) is 0 Å². The average Bonchev–Trinajstić information content (AvgIpc) is 2.67. The Hall–Kier alpha value is -1.26. The van der Waals surface area contributed by atoms with Gasteiger partial charge in [-0.2, -0.15) is 0 Å². The van der Waals surface area contributed by atoms with Crippen molar-refractivity contribution in [1.29, 1.82) is 0 Å². The van der Waals surface area contributed by atoms with Crippen molar-refractivity contribution in [1.82, 2.24) is 9.80 Å². The highest BCUT2D eigenvalue weighted by molar-refractivity contribution is 5.76. The second-order valence-corrected chi connectivity index (χ2v) is 6.23. The standard InChI is InChI=1S/C14H24N2O3/c1-9-6-10(2)16(8-9)14(19)15-5-4-12(13(17)18)7-11(15)3/h9-12H,4-8H2,1-3H3,(H,17,18). The van der Waals surface area contributed by atoms with Crippen LogP contribution in [0.5, 0.6) is 0 Å². The van der Waals surface area contributed by atoms with Gasteiger partial charge in [0.15, 0.2) is 0 Å². The molecule has 1 N–H and O–H groups in total. The molecule has 0 aromatic carbocycles. The number of carbonyl (C=O) groups excluding carboxylic acids is 1. The van der Waals surface area contributed by atoms with Crippen LogP contribution in [0, 0.1) is 11.8 Å². The summed E-state index contributed by atoms with van der Waals surface area (Å²) < 4.78 is 0. The summed E-state index contributed by atoms with van der Waals surface area (Å²) in [5.74, 6) is -0.470. The lowest BCUT2D eigenvalue weighted by atomic mass is 9.92. The first-order valence-corrected chi connectivity index (χ1v) is 7.20. The van der Waals surface area contributed by atoms with E-state index in [2.05, 4.69) is 13.8 Å². The molecule has 4 atom stereocenters. The summed E-state index contributed by atoms with van der Waals surface area (Å²) in [6, 6.07) is 0.408. The van der Waals surface area contributed by atoms with Crippen molar-refractivity contribution in [3.05, 3.63) is 0 Å². The van der Waals surface area contributed by atoms with Crippen LogP contribution in [-0.4, -0.2) is 52.1 Å². The number of nitrogens with zero attached hydrogens (tertiary/aromatic N) is 2. The Morgan fingerprint density at radius 3 is 2.16 bits per heavy atom. The number of amides is 2. The molecule has 19 heavy (non-hydrogen) atoms. The van der Waals surface area contributed by atoms with Crippen molar-refractivity contribution >= 4 is 12.0 Å². The highest BCUT2D eigenvalue weighted by Crippen LogP contribution is 2.28. The average molecular weight is 268 g/mol. The van der Waals surface area contributed by atoms with Gasteiger partial charge in [0, 0.05) is 25.2 Å². The lowest BCUT2D eigenvalue weighted by Gasteiger charge is -2.39. The topological polar surface area (TPSA) is 60.9 Å². The number of piperidine rings is 1. The summed E-state index contributed by atoms with van der Waals surface area (Å²) in [5.41, 5.74) is 0. The molecule has 4 unspecified atom stereocenters. The molecular weight excluding hydrogens is 244 g/mol. The van der Waals surface area contributed by atoms with Gasteiger partial charge in [0.1, 0.15) is 0 Å². The minimum Gasteiger partial charge on any atom is -0.481 e. The van der Waals surface area contributed by atoms with Crippen LogP contribution in [0.25, 0.3) is 0 Å². The molecule has 2 aliphatic rings. The summed E-state index contributed by atoms with van der Waals surface area (Å²) in [6.07, 6.45) is 2.20. The number of likely N-dealkylation sites (tertiary alicyclic amines) is 2. The molecule has 108 valence electrons. The maximum atomic E-state index is 12.5. The Morgan fingerprint density at radius 1 is 1.05 bits per heavy atom. The summed E-state index contributed by atoms with van der Waals surface area (Å²) >= 11 is 0. The van der Waals surface area contributed by atoms with Gasteiger partial charge in [-0.05, 0) is 39.0 Å². The molecule has 2 fully saturated rings. The maximum Gasteiger partial charge on any atom is 0.320 e. The second-order valence-electron chi connectivity index (χ2n) is 6.23. The molecule has 2 heterocycles. The lowest BCUT2D eigenvalue weighted by Crippen LogP contribution is -2.52. The second kappa shape index (κ2) is 5.39. The molecule has 0 bridgehead atoms. The minimum absolute atomic E-state index is 0.0189. The Bertz CT molecular complexity index is 372. The van der Waals surface area contributed by atoms with E-state index in [0.717, 1.165) is 13.0 Å². The molecule has 0 aliphatic carbocycles. The van der Waals surface area contributed by atoms with E-state index < -0.39 is 5.97 Å². The van der Waals surface area contributed by atoms with Gasteiger partial charge in [-0.25, -0.2) is 4.79 Å². The van der Waals surface area contributed by atoms with E-state index in [-0.39, 0.29) is 18.0 Å². The first kappa shape index (κ1) is 14.2. The first-order chi connectivity index (χ1) is 8.90. The summed E-state index contributed by atoms with van der Waals surface area (Å²) in [7, 11) is 0. The van der Waals surface area contributed by atoms with Gasteiger partial charge in [0.2, 0.25) is 0 Å². The van der Waals surface area contributed by atoms with Crippen molar-refractivity contribution in [3.8, 4) is 0 Å². The lowest BCUT2D eigenvalue weighted by molar-refractivity contribution is -0.143. The summed E-state index contributed by atoms with van der Waals surface area (Å²) in [5, 5.41) is 9.06. The minimum atomic E-state index is -0.734. The fraction of sp³-hybridized carbons (Fsp3) is 0.857. The molecule has 5 heteroatoms. The fourth-order valence-electron chi connectivity index (χ4n) is 3.41. The number of urea groups is 1. The van der Waals surface area contributed by atoms with Crippen LogP contribution in [0.2, 0.25) is 0 Å². The van der Waals surface area contributed by atoms with Crippen molar-refractivity contribution < 1.29 is 14.7 Å². The third kappa shape index (κ3) is 2.85. The van der Waals surface area contributed by atoms with E-state index in [4.69, 9.17) is 5.11 Å². The third-order valence-corrected chi connectivity index (χ3v) is 4.50. The molecule has 0 aromatic rings.